The van der Waals surface area contributed by atoms with Crippen LogP contribution < -0.4 is 5.32 Å². The molecule has 132 valence electrons. The zero-order chi connectivity index (χ0) is 17.9. The normalized spacial score (nSPS) is 13.6. The van der Waals surface area contributed by atoms with Gasteiger partial charge in [0.25, 0.3) is 5.91 Å². The van der Waals surface area contributed by atoms with Crippen molar-refractivity contribution in [2.24, 2.45) is 0 Å². The molecule has 4 rings (SSSR count). The molecule has 3 N–H and O–H groups in total. The number of hydrogen-bond donors (Lipinski definition) is 3. The number of H-pyrrole nitrogens is 1. The van der Waals surface area contributed by atoms with Crippen LogP contribution in [0.5, 0.6) is 0 Å². The Balaban J connectivity index is 1.41. The monoisotopic (exact) mass is 348 g/mol. The maximum atomic E-state index is 12.4. The van der Waals surface area contributed by atoms with Crippen molar-refractivity contribution in [1.29, 1.82) is 0 Å². The molecule has 1 heterocycles. The molecule has 1 amide bonds. The molecule has 0 radical (unpaired) electrons. The molecule has 3 aromatic rings. The van der Waals surface area contributed by atoms with Crippen molar-refractivity contribution in [3.05, 3.63) is 71.0 Å². The third-order valence-corrected chi connectivity index (χ3v) is 4.60. The molecule has 0 aliphatic heterocycles. The molecular formula is C20H20N4O2. The molecule has 1 saturated carbocycles. The predicted octanol–water partition coefficient (Wildman–Crippen LogP) is 2.77. The zero-order valence-electron chi connectivity index (χ0n) is 14.3. The van der Waals surface area contributed by atoms with Crippen molar-refractivity contribution in [3.8, 4) is 11.4 Å². The third kappa shape index (κ3) is 3.50. The highest BCUT2D eigenvalue weighted by atomic mass is 16.3. The summed E-state index contributed by atoms with van der Waals surface area (Å²) in [6.45, 7) is 0.337. The van der Waals surface area contributed by atoms with Gasteiger partial charge in [0.15, 0.2) is 5.82 Å². The van der Waals surface area contributed by atoms with Gasteiger partial charge in [-0.15, -0.1) is 0 Å². The molecule has 0 spiro atoms. The Morgan fingerprint density at radius 1 is 1.12 bits per heavy atom. The first-order valence-electron chi connectivity index (χ1n) is 8.73. The highest BCUT2D eigenvalue weighted by molar-refractivity contribution is 5.94. The van der Waals surface area contributed by atoms with Crippen LogP contribution >= 0.6 is 0 Å². The lowest BCUT2D eigenvalue weighted by molar-refractivity contribution is 0.0950. The Hall–Kier alpha value is -2.99. The first-order valence-corrected chi connectivity index (χ1v) is 8.73. The summed E-state index contributed by atoms with van der Waals surface area (Å²) in [6.07, 6.45) is 2.35. The van der Waals surface area contributed by atoms with E-state index in [0.29, 0.717) is 23.9 Å². The number of aliphatic hydroxyl groups excluding tert-OH is 1. The van der Waals surface area contributed by atoms with E-state index in [9.17, 15) is 9.90 Å². The SMILES string of the molecule is O=C(NCc1ccccc1CO)c1ccc(-c2n[nH]c(C3CC3)n2)cc1. The number of nitrogens with one attached hydrogen (secondary N) is 2. The summed E-state index contributed by atoms with van der Waals surface area (Å²) < 4.78 is 0. The lowest BCUT2D eigenvalue weighted by Gasteiger charge is -2.09. The van der Waals surface area contributed by atoms with Gasteiger partial charge in [-0.05, 0) is 36.1 Å². The minimum absolute atomic E-state index is 0.0414. The van der Waals surface area contributed by atoms with Gasteiger partial charge in [-0.25, -0.2) is 4.98 Å². The van der Waals surface area contributed by atoms with Crippen molar-refractivity contribution in [2.45, 2.75) is 31.9 Å². The Bertz CT molecular complexity index is 914. The Kier molecular flexibility index (Phi) is 4.50. The summed E-state index contributed by atoms with van der Waals surface area (Å²) in [5.74, 6) is 1.99. The van der Waals surface area contributed by atoms with E-state index in [4.69, 9.17) is 0 Å². The van der Waals surface area contributed by atoms with Gasteiger partial charge in [-0.3, -0.25) is 9.89 Å². The van der Waals surface area contributed by atoms with Crippen molar-refractivity contribution in [3.63, 3.8) is 0 Å². The second-order valence-corrected chi connectivity index (χ2v) is 6.51. The van der Waals surface area contributed by atoms with Crippen molar-refractivity contribution >= 4 is 5.91 Å². The maximum Gasteiger partial charge on any atom is 0.251 e. The van der Waals surface area contributed by atoms with Crippen LogP contribution in [0.4, 0.5) is 0 Å². The molecule has 0 unspecified atom stereocenters. The number of carbonyl (C=O) groups is 1. The molecule has 1 aliphatic carbocycles. The number of hydrogen-bond acceptors (Lipinski definition) is 4. The molecule has 0 bridgehead atoms. The average molecular weight is 348 g/mol. The highest BCUT2D eigenvalue weighted by Crippen LogP contribution is 2.38. The molecule has 0 saturated heterocycles. The summed E-state index contributed by atoms with van der Waals surface area (Å²) in [5.41, 5.74) is 3.19. The molecule has 0 atom stereocenters. The van der Waals surface area contributed by atoms with E-state index in [1.54, 1.807) is 12.1 Å². The molecular weight excluding hydrogens is 328 g/mol. The fourth-order valence-electron chi connectivity index (χ4n) is 2.88. The van der Waals surface area contributed by atoms with Gasteiger partial charge < -0.3 is 10.4 Å². The molecule has 1 fully saturated rings. The van der Waals surface area contributed by atoms with E-state index in [1.807, 2.05) is 36.4 Å². The fourth-order valence-corrected chi connectivity index (χ4v) is 2.88. The van der Waals surface area contributed by atoms with Crippen LogP contribution in [0.25, 0.3) is 11.4 Å². The maximum absolute atomic E-state index is 12.4. The molecule has 1 aromatic heterocycles. The molecule has 26 heavy (non-hydrogen) atoms. The molecule has 6 heteroatoms. The number of aromatic nitrogens is 3. The van der Waals surface area contributed by atoms with Crippen molar-refractivity contribution < 1.29 is 9.90 Å². The molecule has 1 aliphatic rings. The summed E-state index contributed by atoms with van der Waals surface area (Å²) in [6, 6.07) is 14.8. The van der Waals surface area contributed by atoms with Crippen molar-refractivity contribution in [2.75, 3.05) is 0 Å². The first-order chi connectivity index (χ1) is 12.7. The second kappa shape index (κ2) is 7.09. The van der Waals surface area contributed by atoms with Gasteiger partial charge in [0.2, 0.25) is 0 Å². The van der Waals surface area contributed by atoms with E-state index in [2.05, 4.69) is 20.5 Å². The highest BCUT2D eigenvalue weighted by Gasteiger charge is 2.27. The van der Waals surface area contributed by atoms with Gasteiger partial charge in [0.05, 0.1) is 6.61 Å². The van der Waals surface area contributed by atoms with Crippen LogP contribution in [0.2, 0.25) is 0 Å². The van der Waals surface area contributed by atoms with Crippen LogP contribution in [-0.4, -0.2) is 26.2 Å². The fraction of sp³-hybridized carbons (Fsp3) is 0.250. The van der Waals surface area contributed by atoms with Crippen LogP contribution in [0.3, 0.4) is 0 Å². The number of rotatable bonds is 6. The van der Waals surface area contributed by atoms with E-state index in [-0.39, 0.29) is 12.5 Å². The minimum atomic E-state index is -0.155. The number of carbonyl (C=O) groups excluding carboxylic acids is 1. The van der Waals surface area contributed by atoms with E-state index in [1.165, 1.54) is 12.8 Å². The van der Waals surface area contributed by atoms with Gasteiger partial charge in [-0.2, -0.15) is 5.10 Å². The largest absolute Gasteiger partial charge is 0.392 e. The summed E-state index contributed by atoms with van der Waals surface area (Å²) in [5, 5.41) is 19.5. The second-order valence-electron chi connectivity index (χ2n) is 6.51. The van der Waals surface area contributed by atoms with E-state index < -0.39 is 0 Å². The minimum Gasteiger partial charge on any atom is -0.392 e. The number of benzene rings is 2. The number of nitrogens with zero attached hydrogens (tertiary/aromatic N) is 2. The Labute approximate surface area is 151 Å². The molecule has 2 aromatic carbocycles. The number of aliphatic hydroxyl groups is 1. The number of aromatic amines is 1. The van der Waals surface area contributed by atoms with Gasteiger partial charge in [-0.1, -0.05) is 36.4 Å². The summed E-state index contributed by atoms with van der Waals surface area (Å²) >= 11 is 0. The zero-order valence-corrected chi connectivity index (χ0v) is 14.3. The topological polar surface area (TPSA) is 90.9 Å². The van der Waals surface area contributed by atoms with Gasteiger partial charge in [0, 0.05) is 23.6 Å². The first kappa shape index (κ1) is 16.5. The van der Waals surface area contributed by atoms with Crippen LogP contribution in [-0.2, 0) is 13.2 Å². The average Bonchev–Trinajstić information content (AvgIpc) is 3.43. The Morgan fingerprint density at radius 3 is 2.54 bits per heavy atom. The Morgan fingerprint density at radius 2 is 1.85 bits per heavy atom. The van der Waals surface area contributed by atoms with E-state index in [0.717, 1.165) is 22.5 Å². The third-order valence-electron chi connectivity index (χ3n) is 4.60. The van der Waals surface area contributed by atoms with Crippen LogP contribution in [0.15, 0.2) is 48.5 Å². The standard InChI is InChI=1S/C20H20N4O2/c25-12-17-4-2-1-3-16(17)11-21-20(26)15-9-7-14(8-10-15)19-22-18(23-24-19)13-5-6-13/h1-4,7-10,13,25H,5-6,11-12H2,(H,21,26)(H,22,23,24). The predicted molar refractivity (Wildman–Crippen MR) is 97.3 cm³/mol. The van der Waals surface area contributed by atoms with Crippen molar-refractivity contribution in [1.82, 2.24) is 20.5 Å². The smallest absolute Gasteiger partial charge is 0.251 e. The molecule has 6 nitrogen and oxygen atoms in total. The quantitative estimate of drug-likeness (QED) is 0.639. The number of amides is 1. The lowest BCUT2D eigenvalue weighted by atomic mass is 10.1. The van der Waals surface area contributed by atoms with E-state index >= 15 is 0 Å². The van der Waals surface area contributed by atoms with Crippen LogP contribution in [0, 0.1) is 0 Å². The van der Waals surface area contributed by atoms with Crippen LogP contribution in [0.1, 0.15) is 46.1 Å². The summed E-state index contributed by atoms with van der Waals surface area (Å²) in [4.78, 5) is 16.9. The lowest BCUT2D eigenvalue weighted by Crippen LogP contribution is -2.23. The summed E-state index contributed by atoms with van der Waals surface area (Å²) in [7, 11) is 0. The van der Waals surface area contributed by atoms with Gasteiger partial charge in [0.1, 0.15) is 5.82 Å². The van der Waals surface area contributed by atoms with Gasteiger partial charge >= 0.3 is 0 Å².